The minimum atomic E-state index is -0.883. The summed E-state index contributed by atoms with van der Waals surface area (Å²) in [6.07, 6.45) is 27.5. The molecule has 308 valence electrons. The monoisotopic (exact) mass is 878 g/mol. The Morgan fingerprint density at radius 2 is 0.966 bits per heavy atom. The minimum Gasteiger partial charge on any atom is -0.359 e. The van der Waals surface area contributed by atoms with Gasteiger partial charge in [0.2, 0.25) is 11.8 Å². The molecular weight excluding hydrogens is 831 g/mol. The maximum atomic E-state index is 14.1. The molecule has 2 aliphatic carbocycles. The third-order valence-electron chi connectivity index (χ3n) is 8.61. The van der Waals surface area contributed by atoms with E-state index < -0.39 is 35.1 Å². The number of hydrogen-bond donors (Lipinski definition) is 0. The van der Waals surface area contributed by atoms with Crippen LogP contribution in [0.25, 0.3) is 0 Å². The van der Waals surface area contributed by atoms with Crippen LogP contribution >= 0.6 is 23.2 Å². The quantitative estimate of drug-likeness (QED) is 0.0548. The van der Waals surface area contributed by atoms with Crippen LogP contribution < -0.4 is 9.80 Å². The van der Waals surface area contributed by atoms with Crippen LogP contribution in [0.3, 0.4) is 0 Å². The van der Waals surface area contributed by atoms with E-state index in [-0.39, 0.29) is 33.1 Å². The van der Waals surface area contributed by atoms with Gasteiger partial charge < -0.3 is 9.80 Å². The number of nitrogens with zero attached hydrogens (tertiary/aromatic N) is 2. The van der Waals surface area contributed by atoms with E-state index in [1.807, 2.05) is 36.4 Å². The van der Waals surface area contributed by atoms with Crippen LogP contribution in [0.15, 0.2) is 109 Å². The molecule has 0 heterocycles. The summed E-state index contributed by atoms with van der Waals surface area (Å²) in [5.41, 5.74) is 0.604. The fourth-order valence-corrected chi connectivity index (χ4v) is 6.02. The number of amides is 2. The van der Waals surface area contributed by atoms with Gasteiger partial charge in [-0.2, -0.15) is 12.2 Å². The molecule has 0 N–H and O–H groups in total. The number of unbranched alkanes of at least 4 members (excludes halogenated alkanes) is 6. The third-order valence-corrected chi connectivity index (χ3v) is 9.27. The van der Waals surface area contributed by atoms with Gasteiger partial charge in [0.05, 0.1) is 21.2 Å². The normalized spacial score (nSPS) is 11.7. The first-order valence-corrected chi connectivity index (χ1v) is 20.1. The van der Waals surface area contributed by atoms with Crippen LogP contribution in [0.2, 0.25) is 10.0 Å². The number of hydrogen-bond acceptors (Lipinski definition) is 2. The molecule has 6 rings (SSSR count). The largest absolute Gasteiger partial charge is 4.00 e. The van der Waals surface area contributed by atoms with Crippen molar-refractivity contribution < 1.29 is 48.9 Å². The van der Waals surface area contributed by atoms with E-state index in [0.29, 0.717) is 34.3 Å². The Morgan fingerprint density at radius 1 is 0.576 bits per heavy atom. The van der Waals surface area contributed by atoms with E-state index in [9.17, 15) is 27.2 Å². The standard InChI is InChI=1S/2C19H19ClF2NO.2C5H5.Ti/c2*1-2-3-4-7-12-23(18-11-10-14(21)13-17(18)22)19(24)15-8-5-6-9-16(15)20;2*1-2-4-5-3-1;/h2*5-6,8-11H,2-4,7,12H2,1H3;2*1-3H,4H2;/q4*-1;+4. The Bertz CT molecular complexity index is 1860. The molecule has 4 nitrogen and oxygen atoms in total. The molecule has 4 aromatic rings. The Morgan fingerprint density at radius 3 is 1.25 bits per heavy atom. The van der Waals surface area contributed by atoms with E-state index in [1.165, 1.54) is 21.9 Å². The van der Waals surface area contributed by atoms with E-state index in [0.717, 1.165) is 76.3 Å². The number of carbonyl (C=O) groups excluding carboxylic acids is 2. The molecule has 4 aromatic carbocycles. The Labute approximate surface area is 372 Å². The minimum absolute atomic E-state index is 0. The smallest absolute Gasteiger partial charge is 0.359 e. The summed E-state index contributed by atoms with van der Waals surface area (Å²) in [6, 6.07) is 21.9. The molecule has 0 radical (unpaired) electrons. The number of benzene rings is 4. The molecule has 2 aliphatic rings. The van der Waals surface area contributed by atoms with Crippen molar-refractivity contribution in [3.05, 3.63) is 178 Å². The Kier molecular flexibility index (Phi) is 25.1. The summed E-state index contributed by atoms with van der Waals surface area (Å²) in [5, 5.41) is 0.597. The number of anilines is 2. The van der Waals surface area contributed by atoms with Gasteiger partial charge in [0, 0.05) is 36.4 Å². The predicted octanol–water partition coefficient (Wildman–Crippen LogP) is 13.9. The molecule has 0 saturated carbocycles. The van der Waals surface area contributed by atoms with Crippen LogP contribution in [-0.4, -0.2) is 24.9 Å². The average molecular weight is 880 g/mol. The third kappa shape index (κ3) is 17.9. The molecule has 0 unspecified atom stereocenters. The second-order valence-corrected chi connectivity index (χ2v) is 13.8. The van der Waals surface area contributed by atoms with Gasteiger partial charge >= 0.3 is 21.7 Å². The van der Waals surface area contributed by atoms with Gasteiger partial charge in [0.1, 0.15) is 0 Å². The van der Waals surface area contributed by atoms with Crippen molar-refractivity contribution in [3.63, 3.8) is 0 Å². The predicted molar refractivity (Wildman–Crippen MR) is 228 cm³/mol. The Hall–Kier alpha value is -4.21. The van der Waals surface area contributed by atoms with Crippen molar-refractivity contribution in [2.24, 2.45) is 0 Å². The zero-order valence-electron chi connectivity index (χ0n) is 33.4. The van der Waals surface area contributed by atoms with E-state index in [4.69, 9.17) is 23.2 Å². The van der Waals surface area contributed by atoms with Crippen LogP contribution in [0.5, 0.6) is 0 Å². The summed E-state index contributed by atoms with van der Waals surface area (Å²) in [6.45, 7) is 4.84. The molecule has 0 saturated heterocycles. The molecule has 0 fully saturated rings. The van der Waals surface area contributed by atoms with E-state index in [2.05, 4.69) is 38.2 Å². The molecule has 0 atom stereocenters. The summed E-state index contributed by atoms with van der Waals surface area (Å²) in [4.78, 5) is 28.3. The van der Waals surface area contributed by atoms with Crippen molar-refractivity contribution >= 4 is 46.4 Å². The molecule has 2 amide bonds. The van der Waals surface area contributed by atoms with Crippen molar-refractivity contribution in [3.8, 4) is 0 Å². The van der Waals surface area contributed by atoms with Gasteiger partial charge in [-0.3, -0.25) is 21.7 Å². The fourth-order valence-electron chi connectivity index (χ4n) is 5.59. The number of carbonyl (C=O) groups is 2. The van der Waals surface area contributed by atoms with Crippen LogP contribution in [-0.2, 0) is 21.7 Å². The zero-order valence-corrected chi connectivity index (χ0v) is 36.4. The van der Waals surface area contributed by atoms with Crippen molar-refractivity contribution in [2.45, 2.75) is 78.1 Å². The van der Waals surface area contributed by atoms with Crippen LogP contribution in [0.4, 0.5) is 28.9 Å². The average Bonchev–Trinajstić information content (AvgIpc) is 4.00. The maximum Gasteiger partial charge on any atom is 4.00 e. The van der Waals surface area contributed by atoms with Gasteiger partial charge in [-0.15, -0.1) is 49.2 Å². The first-order chi connectivity index (χ1) is 28.1. The summed E-state index contributed by atoms with van der Waals surface area (Å²) >= 11 is 12.2. The van der Waals surface area contributed by atoms with E-state index >= 15 is 0 Å². The molecular formula is C48H48Cl2F4N2O2Ti. The molecule has 0 aliphatic heterocycles. The van der Waals surface area contributed by atoms with E-state index in [1.54, 1.807) is 48.5 Å². The topological polar surface area (TPSA) is 40.6 Å². The molecule has 59 heavy (non-hydrogen) atoms. The second kappa shape index (κ2) is 29.1. The number of allylic oxidation sites excluding steroid dienone is 8. The second-order valence-electron chi connectivity index (χ2n) is 13.0. The number of rotatable bonds is 14. The molecule has 11 heteroatoms. The fraction of sp³-hybridized carbons (Fsp3) is 0.292. The summed E-state index contributed by atoms with van der Waals surface area (Å²) < 4.78 is 54.5. The van der Waals surface area contributed by atoms with Gasteiger partial charge in [0.25, 0.3) is 0 Å². The summed E-state index contributed by atoms with van der Waals surface area (Å²) in [7, 11) is 0. The van der Waals surface area contributed by atoms with Crippen molar-refractivity contribution in [1.82, 2.24) is 0 Å². The Balaban J connectivity index is 0.000000323. The van der Waals surface area contributed by atoms with Crippen LogP contribution in [0.1, 0.15) is 98.8 Å². The van der Waals surface area contributed by atoms with Crippen LogP contribution in [0, 0.1) is 47.6 Å². The first kappa shape index (κ1) is 50.9. The SMILES string of the molecule is CCCCCCN(C(=O)c1ccccc1Cl)c1ccc(F)[c-]c1F.CCCCCCN(C(=O)c1ccccc1Cl)c1ccc(F)[c-]c1F.[C-]1=CC=CC1.[C-]1=CC=CC1.[Ti+4]. The van der Waals surface area contributed by atoms with Gasteiger partial charge in [0.15, 0.2) is 0 Å². The summed E-state index contributed by atoms with van der Waals surface area (Å²) in [5.74, 6) is -4.18. The van der Waals surface area contributed by atoms with Crippen molar-refractivity contribution in [2.75, 3.05) is 22.9 Å². The first-order valence-electron chi connectivity index (χ1n) is 19.4. The van der Waals surface area contributed by atoms with Crippen molar-refractivity contribution in [1.29, 1.82) is 0 Å². The zero-order chi connectivity index (χ0) is 42.1. The molecule has 0 aromatic heterocycles. The molecule has 0 spiro atoms. The maximum absolute atomic E-state index is 14.1. The molecule has 0 bridgehead atoms. The number of halogens is 6. The van der Waals surface area contributed by atoms with Gasteiger partial charge in [-0.1, -0.05) is 99.8 Å². The van der Waals surface area contributed by atoms with Gasteiger partial charge in [-0.25, -0.2) is 41.9 Å². The van der Waals surface area contributed by atoms with Gasteiger partial charge in [-0.05, 0) is 48.5 Å².